The van der Waals surface area contributed by atoms with Crippen molar-refractivity contribution >= 4 is 11.6 Å². The van der Waals surface area contributed by atoms with Crippen LogP contribution in [0.1, 0.15) is 20.3 Å². The largest absolute Gasteiger partial charge is 0.0990 e. The predicted octanol–water partition coefficient (Wildman–Crippen LogP) is 5.57. The fourth-order valence-corrected chi connectivity index (χ4v) is 1.50. The lowest BCUT2D eigenvalue weighted by molar-refractivity contribution is 0.665. The van der Waals surface area contributed by atoms with Crippen molar-refractivity contribution in [3.05, 3.63) is 72.4 Å². The second-order valence-corrected chi connectivity index (χ2v) is 4.28. The third-order valence-corrected chi connectivity index (χ3v) is 2.67. The molecule has 0 aliphatic heterocycles. The minimum Gasteiger partial charge on any atom is -0.0990 e. The van der Waals surface area contributed by atoms with Gasteiger partial charge in [-0.2, -0.15) is 0 Å². The average molecular weight is 249 g/mol. The highest BCUT2D eigenvalue weighted by atomic mass is 35.5. The zero-order valence-corrected chi connectivity index (χ0v) is 11.5. The summed E-state index contributed by atoms with van der Waals surface area (Å²) < 4.78 is 0. The Balaban J connectivity index is 5.25. The first kappa shape index (κ1) is 15.7. The smallest absolute Gasteiger partial charge is 0.0334 e. The molecule has 0 aromatic heterocycles. The van der Waals surface area contributed by atoms with E-state index in [4.69, 9.17) is 11.6 Å². The van der Waals surface area contributed by atoms with E-state index < -0.39 is 0 Å². The van der Waals surface area contributed by atoms with E-state index in [1.807, 2.05) is 18.2 Å². The summed E-state index contributed by atoms with van der Waals surface area (Å²) in [5.74, 6) is 0.465. The first-order valence-electron chi connectivity index (χ1n) is 5.75. The van der Waals surface area contributed by atoms with Gasteiger partial charge in [-0.05, 0) is 29.6 Å². The van der Waals surface area contributed by atoms with E-state index in [1.54, 1.807) is 12.2 Å². The Morgan fingerprint density at radius 2 is 1.94 bits per heavy atom. The molecule has 1 atom stereocenters. The standard InChI is InChI=1S/C16H21Cl/c1-6-10-15(8-3)16(13(4)7-2)12-9-11-14(5)17/h6,8-13H,1,3,5,7H2,2,4H3/b11-9-,15-10+,16-12+. The van der Waals surface area contributed by atoms with Gasteiger partial charge in [-0.25, -0.2) is 0 Å². The Bertz CT molecular complexity index is 367. The van der Waals surface area contributed by atoms with Gasteiger partial charge in [0, 0.05) is 5.03 Å². The van der Waals surface area contributed by atoms with Crippen molar-refractivity contribution in [2.45, 2.75) is 20.3 Å². The molecule has 0 spiro atoms. The van der Waals surface area contributed by atoms with Crippen LogP contribution in [-0.4, -0.2) is 0 Å². The Kier molecular flexibility index (Phi) is 8.17. The van der Waals surface area contributed by atoms with Crippen molar-refractivity contribution in [2.24, 2.45) is 5.92 Å². The van der Waals surface area contributed by atoms with Crippen LogP contribution >= 0.6 is 11.6 Å². The molecule has 0 rings (SSSR count). The summed E-state index contributed by atoms with van der Waals surface area (Å²) in [7, 11) is 0. The highest BCUT2D eigenvalue weighted by Crippen LogP contribution is 2.23. The maximum Gasteiger partial charge on any atom is 0.0334 e. The molecule has 0 radical (unpaired) electrons. The summed E-state index contributed by atoms with van der Waals surface area (Å²) in [5.41, 5.74) is 2.33. The molecular weight excluding hydrogens is 228 g/mol. The molecule has 1 heteroatoms. The number of rotatable bonds is 7. The molecule has 0 aromatic rings. The second kappa shape index (κ2) is 8.83. The molecule has 0 aromatic carbocycles. The van der Waals surface area contributed by atoms with E-state index in [1.165, 1.54) is 5.57 Å². The maximum atomic E-state index is 5.69. The Morgan fingerprint density at radius 3 is 2.35 bits per heavy atom. The Hall–Kier alpha value is -1.27. The summed E-state index contributed by atoms with van der Waals surface area (Å²) in [6.07, 6.45) is 12.4. The van der Waals surface area contributed by atoms with Crippen molar-refractivity contribution in [1.82, 2.24) is 0 Å². The highest BCUT2D eigenvalue weighted by molar-refractivity contribution is 6.30. The summed E-state index contributed by atoms with van der Waals surface area (Å²) in [4.78, 5) is 0. The molecule has 0 amide bonds. The molecule has 1 unspecified atom stereocenters. The van der Waals surface area contributed by atoms with Crippen LogP contribution in [0.15, 0.2) is 72.4 Å². The average Bonchev–Trinajstić information content (AvgIpc) is 2.31. The van der Waals surface area contributed by atoms with Crippen LogP contribution < -0.4 is 0 Å². The van der Waals surface area contributed by atoms with Gasteiger partial charge in [0.15, 0.2) is 0 Å². The molecule has 0 saturated heterocycles. The van der Waals surface area contributed by atoms with E-state index in [0.717, 1.165) is 12.0 Å². The fourth-order valence-electron chi connectivity index (χ4n) is 1.43. The van der Waals surface area contributed by atoms with Crippen LogP contribution in [0.5, 0.6) is 0 Å². The van der Waals surface area contributed by atoms with Crippen LogP contribution in [0.3, 0.4) is 0 Å². The summed E-state index contributed by atoms with van der Waals surface area (Å²) in [6.45, 7) is 15.5. The van der Waals surface area contributed by atoms with Gasteiger partial charge in [-0.15, -0.1) is 0 Å². The monoisotopic (exact) mass is 248 g/mol. The minimum atomic E-state index is 0.465. The molecular formula is C16H21Cl. The Labute approximate surface area is 110 Å². The lowest BCUT2D eigenvalue weighted by Gasteiger charge is -2.14. The van der Waals surface area contributed by atoms with Crippen LogP contribution in [0.25, 0.3) is 0 Å². The van der Waals surface area contributed by atoms with E-state index in [9.17, 15) is 0 Å². The summed E-state index contributed by atoms with van der Waals surface area (Å²) >= 11 is 5.69. The van der Waals surface area contributed by atoms with Gasteiger partial charge in [-0.1, -0.05) is 75.6 Å². The van der Waals surface area contributed by atoms with E-state index in [0.29, 0.717) is 11.0 Å². The molecule has 0 fully saturated rings. The van der Waals surface area contributed by atoms with Gasteiger partial charge in [0.2, 0.25) is 0 Å². The van der Waals surface area contributed by atoms with Gasteiger partial charge >= 0.3 is 0 Å². The van der Waals surface area contributed by atoms with Crippen LogP contribution in [0, 0.1) is 5.92 Å². The van der Waals surface area contributed by atoms with Crippen LogP contribution in [0.4, 0.5) is 0 Å². The first-order chi connectivity index (χ1) is 8.06. The summed E-state index contributed by atoms with van der Waals surface area (Å²) in [5, 5.41) is 0.526. The topological polar surface area (TPSA) is 0 Å². The van der Waals surface area contributed by atoms with Gasteiger partial charge in [0.1, 0.15) is 0 Å². The highest BCUT2D eigenvalue weighted by Gasteiger charge is 2.08. The van der Waals surface area contributed by atoms with E-state index >= 15 is 0 Å². The van der Waals surface area contributed by atoms with Crippen LogP contribution in [0.2, 0.25) is 0 Å². The second-order valence-electron chi connectivity index (χ2n) is 3.80. The third kappa shape index (κ3) is 6.13. The van der Waals surface area contributed by atoms with Crippen molar-refractivity contribution < 1.29 is 0 Å². The lowest BCUT2D eigenvalue weighted by atomic mass is 9.91. The van der Waals surface area contributed by atoms with Gasteiger partial charge in [-0.3, -0.25) is 0 Å². The molecule has 0 saturated carbocycles. The molecule has 92 valence electrons. The molecule has 0 heterocycles. The van der Waals surface area contributed by atoms with Crippen molar-refractivity contribution in [2.75, 3.05) is 0 Å². The Morgan fingerprint density at radius 1 is 1.29 bits per heavy atom. The van der Waals surface area contributed by atoms with Gasteiger partial charge in [0.05, 0.1) is 0 Å². The van der Waals surface area contributed by atoms with Crippen molar-refractivity contribution in [3.63, 3.8) is 0 Å². The first-order valence-corrected chi connectivity index (χ1v) is 6.12. The molecule has 17 heavy (non-hydrogen) atoms. The quantitative estimate of drug-likeness (QED) is 0.517. The van der Waals surface area contributed by atoms with Gasteiger partial charge in [0.25, 0.3) is 0 Å². The van der Waals surface area contributed by atoms with Crippen LogP contribution in [-0.2, 0) is 0 Å². The number of hydrogen-bond donors (Lipinski definition) is 0. The third-order valence-electron chi connectivity index (χ3n) is 2.55. The van der Waals surface area contributed by atoms with Crippen molar-refractivity contribution in [3.8, 4) is 0 Å². The molecule has 0 bridgehead atoms. The molecule has 0 nitrogen and oxygen atoms in total. The summed E-state index contributed by atoms with van der Waals surface area (Å²) in [6, 6.07) is 0. The molecule has 0 aliphatic carbocycles. The number of allylic oxidation sites excluding steroid dienone is 9. The molecule has 0 aliphatic rings. The fraction of sp³-hybridized carbons (Fsp3) is 0.250. The van der Waals surface area contributed by atoms with Gasteiger partial charge < -0.3 is 0 Å². The maximum absolute atomic E-state index is 5.69. The SMILES string of the molecule is C=C/C=C(C=C)/C(=C/C=C\C(=C)Cl)C(C)CC. The predicted molar refractivity (Wildman–Crippen MR) is 80.1 cm³/mol. The zero-order valence-electron chi connectivity index (χ0n) is 10.7. The zero-order chi connectivity index (χ0) is 13.3. The minimum absolute atomic E-state index is 0.465. The number of halogens is 1. The molecule has 0 N–H and O–H groups in total. The van der Waals surface area contributed by atoms with Crippen molar-refractivity contribution in [1.29, 1.82) is 0 Å². The van der Waals surface area contributed by atoms with E-state index in [2.05, 4.69) is 39.7 Å². The normalized spacial score (nSPS) is 14.8. The lowest BCUT2D eigenvalue weighted by Crippen LogP contribution is -1.99. The number of hydrogen-bond acceptors (Lipinski definition) is 0. The van der Waals surface area contributed by atoms with E-state index in [-0.39, 0.29) is 0 Å².